The second-order valence-corrected chi connectivity index (χ2v) is 19.9. The first kappa shape index (κ1) is 55.4. The van der Waals surface area contributed by atoms with Crippen LogP contribution in [0, 0.1) is 11.8 Å². The van der Waals surface area contributed by atoms with E-state index in [1.54, 1.807) is 61.5 Å². The van der Waals surface area contributed by atoms with E-state index in [0.29, 0.717) is 12.3 Å². The van der Waals surface area contributed by atoms with Gasteiger partial charge in [-0.05, 0) is 118 Å². The predicted octanol–water partition coefficient (Wildman–Crippen LogP) is 8.30. The molecule has 0 aromatic carbocycles. The van der Waals surface area contributed by atoms with Crippen LogP contribution in [0.25, 0.3) is 0 Å². The van der Waals surface area contributed by atoms with Gasteiger partial charge in [0.05, 0.1) is 38.1 Å². The summed E-state index contributed by atoms with van der Waals surface area (Å²) in [7, 11) is -3.91. The third kappa shape index (κ3) is 28.8. The molecule has 3 aliphatic carbocycles. The van der Waals surface area contributed by atoms with Crippen molar-refractivity contribution in [2.24, 2.45) is 11.8 Å². The van der Waals surface area contributed by atoms with Crippen molar-refractivity contribution in [2.45, 2.75) is 213 Å². The van der Waals surface area contributed by atoms with E-state index >= 15 is 0 Å². The van der Waals surface area contributed by atoms with Gasteiger partial charge in [0.25, 0.3) is 0 Å². The zero-order valence-electron chi connectivity index (χ0n) is 37.3. The molecule has 0 heterocycles. The van der Waals surface area contributed by atoms with E-state index in [2.05, 4.69) is 5.73 Å². The topological polar surface area (TPSA) is 210 Å². The lowest BCUT2D eigenvalue weighted by Crippen LogP contribution is -2.61. The summed E-state index contributed by atoms with van der Waals surface area (Å²) >= 11 is 0. The minimum absolute atomic E-state index is 0.0232. The molecule has 3 fully saturated rings. The van der Waals surface area contributed by atoms with Crippen LogP contribution >= 0.6 is 7.60 Å². The maximum atomic E-state index is 12.4. The number of aldehydes is 1. The minimum atomic E-state index is -3.91. The molecule has 0 aliphatic heterocycles. The molecule has 0 saturated heterocycles. The number of carboxylic acids is 2. The van der Waals surface area contributed by atoms with Crippen molar-refractivity contribution in [1.82, 2.24) is 0 Å². The first-order valence-corrected chi connectivity index (χ1v) is 23.5. The summed E-state index contributed by atoms with van der Waals surface area (Å²) in [6.45, 7) is 13.4. The summed E-state index contributed by atoms with van der Waals surface area (Å²) in [5.74, 6) is -2.40. The number of carboxylic acid groups (broad SMARTS) is 2. The van der Waals surface area contributed by atoms with Crippen LogP contribution < -0.4 is 10.8 Å². The second kappa shape index (κ2) is 30.4. The van der Waals surface area contributed by atoms with Gasteiger partial charge < -0.3 is 44.1 Å². The van der Waals surface area contributed by atoms with Gasteiger partial charge in [0.1, 0.15) is 17.5 Å². The zero-order chi connectivity index (χ0) is 44.2. The molecule has 14 heteroatoms. The molecule has 0 amide bonds. The van der Waals surface area contributed by atoms with Crippen LogP contribution in [-0.2, 0) is 47.1 Å². The fourth-order valence-corrected chi connectivity index (χ4v) is 8.95. The summed E-state index contributed by atoms with van der Waals surface area (Å²) in [4.78, 5) is 55.8. The van der Waals surface area contributed by atoms with Gasteiger partial charge in [-0.3, -0.25) is 18.9 Å². The normalized spacial score (nSPS) is 17.8. The molecule has 0 aromatic heterocycles. The molecule has 3 aliphatic rings. The van der Waals surface area contributed by atoms with E-state index in [0.717, 1.165) is 37.5 Å². The fourth-order valence-electron chi connectivity index (χ4n) is 7.15. The summed E-state index contributed by atoms with van der Waals surface area (Å²) in [5, 5.41) is 20.3. The summed E-state index contributed by atoms with van der Waals surface area (Å²) in [5.41, 5.74) is 1.12. The highest BCUT2D eigenvalue weighted by atomic mass is 31.2. The molecule has 58 heavy (non-hydrogen) atoms. The third-order valence-corrected chi connectivity index (χ3v) is 12.3. The Hall–Kier alpha value is -2.60. The molecular formula is C44H80NO12P. The van der Waals surface area contributed by atoms with E-state index < -0.39 is 54.8 Å². The molecule has 0 radical (unpaired) electrons. The Morgan fingerprint density at radius 1 is 0.724 bits per heavy atom. The van der Waals surface area contributed by atoms with E-state index in [1.165, 1.54) is 96.3 Å². The zero-order valence-corrected chi connectivity index (χ0v) is 38.2. The number of quaternary nitrogens is 1. The molecule has 1 unspecified atom stereocenters. The second-order valence-electron chi connectivity index (χ2n) is 17.6. The standard InChI is InChI=1S/C17H28O4.C12H23O7P.C9H16O.C6H13N/c1-17(2,3)21-15(18)12-14(16(19)20)11-7-10-13-8-5-4-6-9-13;1-6-17-20(16,18-7-2)9(11(14)15)8-10(13)19-12(3,4)5;10-8-4-7-9-5-2-1-3-6-9;7-6-4-2-1-3-5-6/h11,13H,4-10,12H2,1-3H3,(H,19,20);9H,6-8H2,1-5H3,(H,14,15);8-9H,1-7H2;6H,1-5,7H2/b14-11+;;;. The van der Waals surface area contributed by atoms with Crippen LogP contribution in [0.15, 0.2) is 11.6 Å². The van der Waals surface area contributed by atoms with Crippen molar-refractivity contribution in [3.63, 3.8) is 0 Å². The number of ether oxygens (including phenoxy) is 2. The van der Waals surface area contributed by atoms with Crippen LogP contribution in [0.5, 0.6) is 0 Å². The number of rotatable bonds is 17. The minimum Gasteiger partial charge on any atom is -0.545 e. The number of hydrogen-bond acceptors (Lipinski definition) is 11. The Balaban J connectivity index is 0.000000805. The quantitative estimate of drug-likeness (QED) is 0.0613. The number of hydrogen-bond donors (Lipinski definition) is 2. The molecule has 0 bridgehead atoms. The predicted molar refractivity (Wildman–Crippen MR) is 224 cm³/mol. The number of allylic oxidation sites excluding steroid dienone is 1. The largest absolute Gasteiger partial charge is 0.545 e. The van der Waals surface area contributed by atoms with Crippen molar-refractivity contribution in [1.29, 1.82) is 0 Å². The maximum Gasteiger partial charge on any atom is 0.345 e. The molecule has 0 aromatic rings. The van der Waals surface area contributed by atoms with Crippen LogP contribution in [0.1, 0.15) is 190 Å². The highest BCUT2D eigenvalue weighted by Crippen LogP contribution is 2.54. The van der Waals surface area contributed by atoms with Gasteiger partial charge in [0, 0.05) is 6.42 Å². The van der Waals surface area contributed by atoms with Gasteiger partial charge in [-0.2, -0.15) is 0 Å². The molecule has 0 spiro atoms. The van der Waals surface area contributed by atoms with Crippen LogP contribution in [0.2, 0.25) is 0 Å². The molecule has 1 atom stereocenters. The number of esters is 2. The molecule has 4 N–H and O–H groups in total. The highest BCUT2D eigenvalue weighted by molar-refractivity contribution is 7.55. The molecule has 338 valence electrons. The fraction of sp³-hybridized carbons (Fsp3) is 0.841. The molecule has 13 nitrogen and oxygen atoms in total. The summed E-state index contributed by atoms with van der Waals surface area (Å²) in [6.07, 6.45) is 25.8. The summed E-state index contributed by atoms with van der Waals surface area (Å²) in [6, 6.07) is 0.786. The van der Waals surface area contributed by atoms with E-state index in [9.17, 15) is 33.6 Å². The van der Waals surface area contributed by atoms with Crippen molar-refractivity contribution in [3.8, 4) is 0 Å². The van der Waals surface area contributed by atoms with Gasteiger partial charge in [-0.1, -0.05) is 76.7 Å². The lowest BCUT2D eigenvalue weighted by molar-refractivity contribution is -0.425. The van der Waals surface area contributed by atoms with E-state index in [4.69, 9.17) is 23.6 Å². The Morgan fingerprint density at radius 3 is 1.48 bits per heavy atom. The SMILES string of the molecule is CC(C)(C)OC(=O)C/C(=C\CCC1CCCCC1)C(=O)[O-].CCOP(=O)(OCC)C(CC(=O)OC(C)(C)C)C(=O)O.O=CCCC1CCCCC1.[NH3+]C1CCCCC1. The summed E-state index contributed by atoms with van der Waals surface area (Å²) < 4.78 is 32.5. The van der Waals surface area contributed by atoms with Crippen molar-refractivity contribution in [3.05, 3.63) is 11.6 Å². The first-order valence-electron chi connectivity index (χ1n) is 21.9. The Morgan fingerprint density at radius 2 is 1.14 bits per heavy atom. The van der Waals surface area contributed by atoms with Gasteiger partial charge in [0.2, 0.25) is 0 Å². The van der Waals surface area contributed by atoms with Gasteiger partial charge >= 0.3 is 25.5 Å². The first-order chi connectivity index (χ1) is 27.2. The lowest BCUT2D eigenvalue weighted by atomic mass is 9.86. The van der Waals surface area contributed by atoms with Crippen LogP contribution in [-0.4, -0.2) is 71.4 Å². The van der Waals surface area contributed by atoms with Crippen molar-refractivity contribution < 1.29 is 63.0 Å². The average Bonchev–Trinajstić information content (AvgIpc) is 3.13. The van der Waals surface area contributed by atoms with E-state index in [-0.39, 0.29) is 25.2 Å². The number of aliphatic carboxylic acids is 2. The monoisotopic (exact) mass is 846 g/mol. The molecule has 3 rings (SSSR count). The van der Waals surface area contributed by atoms with Gasteiger partial charge in [-0.25, -0.2) is 0 Å². The van der Waals surface area contributed by atoms with Crippen LogP contribution in [0.4, 0.5) is 0 Å². The Labute approximate surface area is 349 Å². The Bertz CT molecular complexity index is 1240. The lowest BCUT2D eigenvalue weighted by Gasteiger charge is -2.25. The van der Waals surface area contributed by atoms with Gasteiger partial charge in [-0.15, -0.1) is 0 Å². The van der Waals surface area contributed by atoms with Crippen molar-refractivity contribution in [2.75, 3.05) is 13.2 Å². The van der Waals surface area contributed by atoms with Crippen molar-refractivity contribution >= 4 is 37.8 Å². The van der Waals surface area contributed by atoms with Gasteiger partial charge in [0.15, 0.2) is 5.66 Å². The smallest absolute Gasteiger partial charge is 0.345 e. The maximum absolute atomic E-state index is 12.4. The number of carbonyl (C=O) groups excluding carboxylic acids is 4. The highest BCUT2D eigenvalue weighted by Gasteiger charge is 2.43. The van der Waals surface area contributed by atoms with Crippen LogP contribution in [0.3, 0.4) is 0 Å². The molecular weight excluding hydrogens is 765 g/mol. The molecule has 3 saturated carbocycles. The van der Waals surface area contributed by atoms with E-state index in [1.807, 2.05) is 0 Å². The number of carbonyl (C=O) groups is 5. The Kier molecular flexibility index (Phi) is 29.1. The third-order valence-electron chi connectivity index (χ3n) is 9.91. The average molecular weight is 846 g/mol.